The van der Waals surface area contributed by atoms with Crippen LogP contribution in [0.3, 0.4) is 0 Å². The zero-order chi connectivity index (χ0) is 21.1. The smallest absolute Gasteiger partial charge is 0.241 e. The summed E-state index contributed by atoms with van der Waals surface area (Å²) in [7, 11) is -2.03. The van der Waals surface area contributed by atoms with Crippen LogP contribution in [0.1, 0.15) is 35.2 Å². The van der Waals surface area contributed by atoms with E-state index in [1.165, 1.54) is 4.31 Å². The van der Waals surface area contributed by atoms with Gasteiger partial charge in [0.25, 0.3) is 0 Å². The predicted octanol–water partition coefficient (Wildman–Crippen LogP) is 3.26. The molecule has 2 aromatic carbocycles. The van der Waals surface area contributed by atoms with Gasteiger partial charge in [0.2, 0.25) is 15.9 Å². The van der Waals surface area contributed by atoms with Gasteiger partial charge in [0, 0.05) is 0 Å². The van der Waals surface area contributed by atoms with Crippen molar-refractivity contribution in [1.82, 2.24) is 5.32 Å². The lowest BCUT2D eigenvalue weighted by Crippen LogP contribution is -2.41. The number of nitrogens with one attached hydrogen (secondary N) is 1. The van der Waals surface area contributed by atoms with E-state index in [0.29, 0.717) is 5.69 Å². The Morgan fingerprint density at radius 1 is 1.11 bits per heavy atom. The Morgan fingerprint density at radius 3 is 2.11 bits per heavy atom. The normalized spacial score (nSPS) is 12.4. The number of amides is 1. The topological polar surface area (TPSA) is 75.7 Å². The predicted molar refractivity (Wildman–Crippen MR) is 112 cm³/mol. The van der Waals surface area contributed by atoms with E-state index in [1.54, 1.807) is 7.11 Å². The Morgan fingerprint density at radius 2 is 1.64 bits per heavy atom. The van der Waals surface area contributed by atoms with Gasteiger partial charge in [-0.15, -0.1) is 0 Å². The first kappa shape index (κ1) is 21.8. The van der Waals surface area contributed by atoms with Crippen molar-refractivity contribution in [3.05, 3.63) is 58.7 Å². The SMILES string of the molecule is COc1ccc([C@@H](C)NC(=O)CN(c2c(C)cc(C)cc2C)S(C)(=O)=O)cc1. The summed E-state index contributed by atoms with van der Waals surface area (Å²) in [5.74, 6) is 0.365. The van der Waals surface area contributed by atoms with Crippen molar-refractivity contribution in [2.24, 2.45) is 0 Å². The lowest BCUT2D eigenvalue weighted by molar-refractivity contribution is -0.120. The molecule has 152 valence electrons. The van der Waals surface area contributed by atoms with E-state index in [9.17, 15) is 13.2 Å². The molecule has 7 heteroatoms. The van der Waals surface area contributed by atoms with Gasteiger partial charge >= 0.3 is 0 Å². The molecular weight excluding hydrogens is 376 g/mol. The Bertz CT molecular complexity index is 930. The number of ether oxygens (including phenoxy) is 1. The van der Waals surface area contributed by atoms with Crippen LogP contribution >= 0.6 is 0 Å². The van der Waals surface area contributed by atoms with Crippen LogP contribution < -0.4 is 14.4 Å². The van der Waals surface area contributed by atoms with Crippen LogP contribution in [0.25, 0.3) is 0 Å². The number of rotatable bonds is 7. The van der Waals surface area contributed by atoms with Crippen molar-refractivity contribution in [2.45, 2.75) is 33.7 Å². The molecule has 1 atom stereocenters. The van der Waals surface area contributed by atoms with E-state index in [1.807, 2.05) is 64.1 Å². The monoisotopic (exact) mass is 404 g/mol. The molecule has 6 nitrogen and oxygen atoms in total. The quantitative estimate of drug-likeness (QED) is 0.769. The van der Waals surface area contributed by atoms with Crippen molar-refractivity contribution in [1.29, 1.82) is 0 Å². The molecule has 2 aromatic rings. The molecule has 0 aromatic heterocycles. The molecule has 0 aliphatic heterocycles. The second-order valence-electron chi connectivity index (χ2n) is 7.08. The van der Waals surface area contributed by atoms with Crippen LogP contribution in [-0.4, -0.2) is 34.2 Å². The van der Waals surface area contributed by atoms with Gasteiger partial charge in [0.1, 0.15) is 12.3 Å². The summed E-state index contributed by atoms with van der Waals surface area (Å²) >= 11 is 0. The third-order valence-electron chi connectivity index (χ3n) is 4.57. The van der Waals surface area contributed by atoms with Gasteiger partial charge in [-0.25, -0.2) is 8.42 Å². The second kappa shape index (κ2) is 8.65. The molecule has 1 N–H and O–H groups in total. The fourth-order valence-corrected chi connectivity index (χ4v) is 4.29. The third-order valence-corrected chi connectivity index (χ3v) is 5.68. The van der Waals surface area contributed by atoms with Crippen LogP contribution in [-0.2, 0) is 14.8 Å². The summed E-state index contributed by atoms with van der Waals surface area (Å²) in [4.78, 5) is 12.6. The number of nitrogens with zero attached hydrogens (tertiary/aromatic N) is 1. The first-order valence-electron chi connectivity index (χ1n) is 9.01. The number of sulfonamides is 1. The van der Waals surface area contributed by atoms with E-state index in [0.717, 1.165) is 34.3 Å². The largest absolute Gasteiger partial charge is 0.497 e. The molecule has 0 aliphatic rings. The summed E-state index contributed by atoms with van der Waals surface area (Å²) < 4.78 is 31.1. The number of carbonyl (C=O) groups is 1. The van der Waals surface area contributed by atoms with Gasteiger partial charge in [-0.1, -0.05) is 29.8 Å². The molecule has 0 saturated heterocycles. The molecule has 0 saturated carbocycles. The molecular formula is C21H28N2O4S. The van der Waals surface area contributed by atoms with Crippen LogP contribution in [0, 0.1) is 20.8 Å². The molecule has 2 rings (SSSR count). The maximum Gasteiger partial charge on any atom is 0.241 e. The number of anilines is 1. The highest BCUT2D eigenvalue weighted by Crippen LogP contribution is 2.28. The summed E-state index contributed by atoms with van der Waals surface area (Å²) in [5.41, 5.74) is 4.14. The number of hydrogen-bond donors (Lipinski definition) is 1. The minimum absolute atomic E-state index is 0.264. The third kappa shape index (κ3) is 5.25. The Kier molecular flexibility index (Phi) is 6.72. The van der Waals surface area contributed by atoms with E-state index in [-0.39, 0.29) is 18.5 Å². The van der Waals surface area contributed by atoms with Crippen LogP contribution in [0.5, 0.6) is 5.75 Å². The van der Waals surface area contributed by atoms with Gasteiger partial charge in [-0.05, 0) is 56.5 Å². The summed E-state index contributed by atoms with van der Waals surface area (Å²) in [5, 5.41) is 2.87. The van der Waals surface area contributed by atoms with Gasteiger partial charge in [0.05, 0.1) is 25.1 Å². The van der Waals surface area contributed by atoms with E-state index in [4.69, 9.17) is 4.74 Å². The maximum absolute atomic E-state index is 12.6. The zero-order valence-electron chi connectivity index (χ0n) is 17.2. The zero-order valence-corrected chi connectivity index (χ0v) is 18.1. The standard InChI is InChI=1S/C21H28N2O4S/c1-14-11-15(2)21(16(3)12-14)23(28(6,25)26)13-20(24)22-17(4)18-7-9-19(27-5)10-8-18/h7-12,17H,13H2,1-6H3,(H,22,24)/t17-/m1/s1. The fraction of sp³-hybridized carbons (Fsp3) is 0.381. The van der Waals surface area contributed by atoms with Crippen molar-refractivity contribution < 1.29 is 17.9 Å². The highest BCUT2D eigenvalue weighted by molar-refractivity contribution is 7.92. The lowest BCUT2D eigenvalue weighted by atomic mass is 10.1. The van der Waals surface area contributed by atoms with Gasteiger partial charge in [0.15, 0.2) is 0 Å². The Hall–Kier alpha value is -2.54. The number of methoxy groups -OCH3 is 1. The molecule has 1 amide bonds. The Balaban J connectivity index is 2.22. The fourth-order valence-electron chi connectivity index (χ4n) is 3.32. The molecule has 0 heterocycles. The second-order valence-corrected chi connectivity index (χ2v) is 8.99. The van der Waals surface area contributed by atoms with Crippen molar-refractivity contribution in [3.8, 4) is 5.75 Å². The van der Waals surface area contributed by atoms with Crippen molar-refractivity contribution in [3.63, 3.8) is 0 Å². The van der Waals surface area contributed by atoms with Gasteiger partial charge in [-0.3, -0.25) is 9.10 Å². The maximum atomic E-state index is 12.6. The minimum atomic E-state index is -3.62. The number of carbonyl (C=O) groups excluding carboxylic acids is 1. The van der Waals surface area contributed by atoms with Crippen LogP contribution in [0.2, 0.25) is 0 Å². The highest BCUT2D eigenvalue weighted by atomic mass is 32.2. The lowest BCUT2D eigenvalue weighted by Gasteiger charge is -2.26. The molecule has 0 unspecified atom stereocenters. The van der Waals surface area contributed by atoms with Crippen molar-refractivity contribution in [2.75, 3.05) is 24.2 Å². The van der Waals surface area contributed by atoms with E-state index in [2.05, 4.69) is 5.32 Å². The van der Waals surface area contributed by atoms with E-state index >= 15 is 0 Å². The summed E-state index contributed by atoms with van der Waals surface area (Å²) in [6.45, 7) is 7.24. The number of hydrogen-bond acceptors (Lipinski definition) is 4. The molecule has 0 fully saturated rings. The molecule has 28 heavy (non-hydrogen) atoms. The Labute approximate surface area is 167 Å². The summed E-state index contributed by atoms with van der Waals surface area (Å²) in [6.07, 6.45) is 1.12. The average Bonchev–Trinajstić information content (AvgIpc) is 2.59. The van der Waals surface area contributed by atoms with Gasteiger partial charge < -0.3 is 10.1 Å². The molecule has 0 spiro atoms. The number of benzene rings is 2. The summed E-state index contributed by atoms with van der Waals surface area (Å²) in [6, 6.07) is 10.9. The molecule has 0 bridgehead atoms. The van der Waals surface area contributed by atoms with Crippen molar-refractivity contribution >= 4 is 21.6 Å². The first-order chi connectivity index (χ1) is 13.0. The van der Waals surface area contributed by atoms with E-state index < -0.39 is 10.0 Å². The average molecular weight is 405 g/mol. The molecule has 0 radical (unpaired) electrons. The van der Waals surface area contributed by atoms with Crippen LogP contribution in [0.4, 0.5) is 5.69 Å². The number of aryl methyl sites for hydroxylation is 3. The highest BCUT2D eigenvalue weighted by Gasteiger charge is 2.25. The first-order valence-corrected chi connectivity index (χ1v) is 10.9. The van der Waals surface area contributed by atoms with Gasteiger partial charge in [-0.2, -0.15) is 0 Å². The molecule has 0 aliphatic carbocycles. The van der Waals surface area contributed by atoms with Crippen LogP contribution in [0.15, 0.2) is 36.4 Å². The minimum Gasteiger partial charge on any atom is -0.497 e.